The van der Waals surface area contributed by atoms with Gasteiger partial charge in [-0.3, -0.25) is 33.7 Å². The van der Waals surface area contributed by atoms with E-state index >= 15 is 0 Å². The zero-order valence-corrected chi connectivity index (χ0v) is 37.9. The molecule has 6 aliphatic heterocycles. The second kappa shape index (κ2) is 17.1. The Morgan fingerprint density at radius 3 is 2.49 bits per heavy atom. The Labute approximate surface area is 382 Å². The number of imide groups is 2. The maximum atomic E-state index is 13.3. The van der Waals surface area contributed by atoms with Crippen LogP contribution in [0.5, 0.6) is 5.75 Å². The van der Waals surface area contributed by atoms with E-state index in [-0.39, 0.29) is 12.8 Å². The van der Waals surface area contributed by atoms with Crippen molar-refractivity contribution in [2.75, 3.05) is 83.9 Å². The molecular weight excluding hydrogens is 872 g/mol. The van der Waals surface area contributed by atoms with Crippen molar-refractivity contribution < 1.29 is 32.3 Å². The number of sulfonamides is 1. The van der Waals surface area contributed by atoms with Gasteiger partial charge in [0.25, 0.3) is 11.8 Å². The molecule has 3 N–H and O–H groups in total. The maximum Gasteiger partial charge on any atom is 0.262 e. The van der Waals surface area contributed by atoms with Crippen molar-refractivity contribution in [3.05, 3.63) is 82.0 Å². The van der Waals surface area contributed by atoms with Gasteiger partial charge in [0.15, 0.2) is 5.82 Å². The number of halogens is 1. The van der Waals surface area contributed by atoms with Gasteiger partial charge >= 0.3 is 0 Å². The summed E-state index contributed by atoms with van der Waals surface area (Å²) in [5.74, 6) is 0.0559. The van der Waals surface area contributed by atoms with Crippen LogP contribution in [0, 0.1) is 5.92 Å². The molecule has 65 heavy (non-hydrogen) atoms. The van der Waals surface area contributed by atoms with E-state index in [4.69, 9.17) is 16.3 Å². The number of anilines is 7. The summed E-state index contributed by atoms with van der Waals surface area (Å²) in [6.45, 7) is 5.65. The molecule has 7 heterocycles. The lowest BCUT2D eigenvalue weighted by Crippen LogP contribution is -2.54. The van der Waals surface area contributed by atoms with Gasteiger partial charge in [-0.1, -0.05) is 23.7 Å². The number of nitrogens with one attached hydrogen (secondary N) is 3. The smallest absolute Gasteiger partial charge is 0.262 e. The van der Waals surface area contributed by atoms with Gasteiger partial charge in [-0.2, -0.15) is 4.98 Å². The van der Waals surface area contributed by atoms with Gasteiger partial charge < -0.3 is 30.1 Å². The van der Waals surface area contributed by atoms with E-state index < -0.39 is 39.7 Å². The molecule has 17 nitrogen and oxygen atoms in total. The summed E-state index contributed by atoms with van der Waals surface area (Å²) >= 11 is 6.56. The number of aromatic nitrogens is 2. The highest BCUT2D eigenvalue weighted by Gasteiger charge is 2.45. The van der Waals surface area contributed by atoms with E-state index in [1.165, 1.54) is 28.0 Å². The summed E-state index contributed by atoms with van der Waals surface area (Å²) in [6.07, 6.45) is 8.70. The van der Waals surface area contributed by atoms with E-state index in [0.717, 1.165) is 92.4 Å². The van der Waals surface area contributed by atoms with Crippen molar-refractivity contribution in [3.63, 3.8) is 0 Å². The standard InChI is InChI=1S/C46H51ClN10O7S/c1-53(18-4-5-27-25-55(26-27)30-8-9-31-33(23-30)45(61)57(44(31)60)38-12-13-39(58)51-43(38)59)29-15-19-54(20-16-29)37-11-10-36(41-32(37)17-22-64-41)50-46-48-24-34(47)42(52-46)49-35-7-3-6-28-14-21-56(40(28)35)65(2,62)63/h3,6-11,23-24,27,29,38H,4-5,12-22,25-26H2,1-2H3,(H,51,58,59)(H2,48,49,50,52). The number of hydrogen-bond donors (Lipinski definition) is 3. The molecule has 0 aliphatic carbocycles. The Bertz CT molecular complexity index is 2720. The zero-order chi connectivity index (χ0) is 45.1. The lowest BCUT2D eigenvalue weighted by atomic mass is 9.93. The van der Waals surface area contributed by atoms with Crippen molar-refractivity contribution in [1.82, 2.24) is 25.1 Å². The summed E-state index contributed by atoms with van der Waals surface area (Å²) in [5, 5.41) is 9.15. The third-order valence-electron chi connectivity index (χ3n) is 13.7. The molecule has 3 saturated heterocycles. The van der Waals surface area contributed by atoms with Gasteiger partial charge in [0.05, 0.1) is 47.2 Å². The topological polar surface area (TPSA) is 190 Å². The number of benzene rings is 3. The second-order valence-corrected chi connectivity index (χ2v) is 20.2. The Morgan fingerprint density at radius 1 is 0.908 bits per heavy atom. The molecule has 3 aromatic carbocycles. The van der Waals surface area contributed by atoms with Crippen LogP contribution < -0.4 is 34.8 Å². The average molecular weight is 923 g/mol. The molecule has 4 aromatic rings. The van der Waals surface area contributed by atoms with E-state index in [0.29, 0.717) is 70.8 Å². The third-order valence-corrected chi connectivity index (χ3v) is 15.2. The third kappa shape index (κ3) is 8.20. The summed E-state index contributed by atoms with van der Waals surface area (Å²) in [5.41, 5.74) is 6.77. The maximum absolute atomic E-state index is 13.3. The van der Waals surface area contributed by atoms with Crippen molar-refractivity contribution in [2.45, 2.75) is 63.5 Å². The highest BCUT2D eigenvalue weighted by molar-refractivity contribution is 7.92. The molecule has 0 bridgehead atoms. The van der Waals surface area contributed by atoms with Crippen molar-refractivity contribution in [2.24, 2.45) is 5.92 Å². The monoisotopic (exact) mass is 922 g/mol. The second-order valence-electron chi connectivity index (χ2n) is 17.9. The molecule has 1 unspecified atom stereocenters. The number of carbonyl (C=O) groups excluding carboxylic acids is 4. The Kier molecular flexibility index (Phi) is 11.3. The fraction of sp³-hybridized carbons (Fsp3) is 0.435. The lowest BCUT2D eigenvalue weighted by Gasteiger charge is -2.42. The van der Waals surface area contributed by atoms with Gasteiger partial charge in [-0.05, 0) is 100.0 Å². The number of piperidine rings is 2. The van der Waals surface area contributed by atoms with Gasteiger partial charge in [0, 0.05) is 68.5 Å². The number of nitrogens with zero attached hydrogens (tertiary/aromatic N) is 7. The summed E-state index contributed by atoms with van der Waals surface area (Å²) < 4.78 is 32.7. The predicted octanol–water partition coefficient (Wildman–Crippen LogP) is 5.09. The Hall–Kier alpha value is -5.98. The van der Waals surface area contributed by atoms with Crippen LogP contribution in [0.3, 0.4) is 0 Å². The van der Waals surface area contributed by atoms with Crippen LogP contribution in [0.25, 0.3) is 0 Å². The first-order valence-electron chi connectivity index (χ1n) is 22.3. The summed E-state index contributed by atoms with van der Waals surface area (Å²) in [4.78, 5) is 67.8. The van der Waals surface area contributed by atoms with Crippen LogP contribution in [0.4, 0.5) is 40.2 Å². The van der Waals surface area contributed by atoms with Crippen LogP contribution in [0.1, 0.15) is 70.4 Å². The average Bonchev–Trinajstić information content (AvgIpc) is 4.01. The first-order chi connectivity index (χ1) is 31.3. The molecule has 0 spiro atoms. The quantitative estimate of drug-likeness (QED) is 0.150. The molecule has 3 fully saturated rings. The van der Waals surface area contributed by atoms with E-state index in [2.05, 4.69) is 53.7 Å². The molecule has 10 rings (SSSR count). The number of rotatable bonds is 13. The number of para-hydroxylation sites is 1. The normalized spacial score (nSPS) is 19.9. The van der Waals surface area contributed by atoms with E-state index in [1.807, 2.05) is 30.3 Å². The number of ether oxygens (including phenoxy) is 1. The van der Waals surface area contributed by atoms with Crippen molar-refractivity contribution in [3.8, 4) is 5.75 Å². The Morgan fingerprint density at radius 2 is 1.71 bits per heavy atom. The predicted molar refractivity (Wildman–Crippen MR) is 247 cm³/mol. The molecule has 0 saturated carbocycles. The largest absolute Gasteiger partial charge is 0.491 e. The van der Waals surface area contributed by atoms with Gasteiger partial charge in [-0.15, -0.1) is 0 Å². The molecule has 1 aromatic heterocycles. The number of hydrogen-bond acceptors (Lipinski definition) is 14. The van der Waals surface area contributed by atoms with Crippen molar-refractivity contribution >= 4 is 85.5 Å². The highest BCUT2D eigenvalue weighted by atomic mass is 35.5. The van der Waals surface area contributed by atoms with E-state index in [1.54, 1.807) is 12.1 Å². The molecular formula is C46H51ClN10O7S. The summed E-state index contributed by atoms with van der Waals surface area (Å²) in [7, 11) is -1.23. The van der Waals surface area contributed by atoms with Crippen LogP contribution in [-0.4, -0.2) is 123 Å². The Balaban J connectivity index is 0.701. The molecule has 4 amide bonds. The van der Waals surface area contributed by atoms with Crippen LogP contribution in [0.15, 0.2) is 54.7 Å². The van der Waals surface area contributed by atoms with Gasteiger partial charge in [-0.25, -0.2) is 13.4 Å². The van der Waals surface area contributed by atoms with Gasteiger partial charge in [0.1, 0.15) is 16.8 Å². The minimum Gasteiger partial charge on any atom is -0.491 e. The number of fused-ring (bicyclic) bond motifs is 3. The van der Waals surface area contributed by atoms with E-state index in [9.17, 15) is 27.6 Å². The van der Waals surface area contributed by atoms with Crippen LogP contribution >= 0.6 is 11.6 Å². The first kappa shape index (κ1) is 42.9. The number of carbonyl (C=O) groups is 4. The van der Waals surface area contributed by atoms with Crippen LogP contribution in [0.2, 0.25) is 5.02 Å². The fourth-order valence-corrected chi connectivity index (χ4v) is 11.4. The zero-order valence-electron chi connectivity index (χ0n) is 36.3. The summed E-state index contributed by atoms with van der Waals surface area (Å²) in [6, 6.07) is 14.7. The molecule has 1 atom stereocenters. The molecule has 19 heteroatoms. The molecule has 6 aliphatic rings. The number of amides is 4. The molecule has 340 valence electrons. The minimum absolute atomic E-state index is 0.0923. The fourth-order valence-electron chi connectivity index (χ4n) is 10.3. The first-order valence-corrected chi connectivity index (χ1v) is 24.5. The lowest BCUT2D eigenvalue weighted by molar-refractivity contribution is -0.136. The SMILES string of the molecule is CN(CCCC1CN(c2ccc3c(c2)C(=O)N(C2CCC(=O)NC2=O)C3=O)C1)C1CCN(c2ccc(Nc3ncc(Cl)c(Nc4cccc5c4N(S(C)(=O)=O)CC5)n3)c3c2CCO3)CC1. The highest BCUT2D eigenvalue weighted by Crippen LogP contribution is 2.43. The van der Waals surface area contributed by atoms with Crippen LogP contribution in [-0.2, 0) is 32.5 Å². The molecule has 0 radical (unpaired) electrons. The minimum atomic E-state index is -3.47. The van der Waals surface area contributed by atoms with Crippen molar-refractivity contribution in [1.29, 1.82) is 0 Å². The van der Waals surface area contributed by atoms with Gasteiger partial charge in [0.2, 0.25) is 27.8 Å².